The van der Waals surface area contributed by atoms with Gasteiger partial charge in [0.05, 0.1) is 0 Å². The van der Waals surface area contributed by atoms with E-state index in [4.69, 9.17) is 0 Å². The van der Waals surface area contributed by atoms with Crippen LogP contribution in [0.2, 0.25) is 0 Å². The quantitative estimate of drug-likeness (QED) is 0.728. The molecule has 1 fully saturated rings. The molecule has 2 nitrogen and oxygen atoms in total. The molecule has 98 valence electrons. The van der Waals surface area contributed by atoms with Crippen molar-refractivity contribution >= 4 is 21.8 Å². The Labute approximate surface area is 113 Å². The van der Waals surface area contributed by atoms with Crippen LogP contribution in [0.15, 0.2) is 18.2 Å². The maximum absolute atomic E-state index is 13.1. The van der Waals surface area contributed by atoms with Crippen molar-refractivity contribution in [3.8, 4) is 0 Å². The average Bonchev–Trinajstić information content (AvgIpc) is 2.35. The Balaban J connectivity index is 2.14. The summed E-state index contributed by atoms with van der Waals surface area (Å²) in [5, 5.41) is 0. The number of nitrogens with zero attached hydrogens (tertiary/aromatic N) is 1. The van der Waals surface area contributed by atoms with E-state index in [0.29, 0.717) is 19.0 Å². The Morgan fingerprint density at radius 1 is 1.39 bits per heavy atom. The highest BCUT2D eigenvalue weighted by Gasteiger charge is 2.27. The van der Waals surface area contributed by atoms with Gasteiger partial charge in [-0.05, 0) is 30.5 Å². The van der Waals surface area contributed by atoms with Gasteiger partial charge in [-0.3, -0.25) is 4.79 Å². The van der Waals surface area contributed by atoms with E-state index < -0.39 is 11.6 Å². The lowest BCUT2D eigenvalue weighted by atomic mass is 9.98. The molecule has 1 aromatic rings. The zero-order valence-corrected chi connectivity index (χ0v) is 11.6. The first-order chi connectivity index (χ1) is 8.49. The predicted molar refractivity (Wildman–Crippen MR) is 68.8 cm³/mol. The molecule has 0 saturated carbocycles. The zero-order valence-electron chi connectivity index (χ0n) is 10.00. The van der Waals surface area contributed by atoms with Crippen LogP contribution in [-0.2, 0) is 0 Å². The van der Waals surface area contributed by atoms with Gasteiger partial charge in [0.2, 0.25) is 0 Å². The van der Waals surface area contributed by atoms with Crippen LogP contribution in [0, 0.1) is 17.6 Å². The molecule has 0 spiro atoms. The van der Waals surface area contributed by atoms with E-state index in [9.17, 15) is 13.6 Å². The van der Waals surface area contributed by atoms with Crippen molar-refractivity contribution in [1.29, 1.82) is 0 Å². The smallest absolute Gasteiger partial charge is 0.253 e. The molecule has 1 aromatic carbocycles. The van der Waals surface area contributed by atoms with E-state index in [1.54, 1.807) is 4.90 Å². The molecule has 1 amide bonds. The van der Waals surface area contributed by atoms with Gasteiger partial charge in [0.15, 0.2) is 11.6 Å². The van der Waals surface area contributed by atoms with Crippen molar-refractivity contribution in [2.24, 2.45) is 5.92 Å². The lowest BCUT2D eigenvalue weighted by Gasteiger charge is -2.34. The minimum absolute atomic E-state index is 0.197. The molecule has 2 unspecified atom stereocenters. The van der Waals surface area contributed by atoms with Crippen LogP contribution in [0.4, 0.5) is 8.78 Å². The highest BCUT2D eigenvalue weighted by Crippen LogP contribution is 2.24. The third-order valence-corrected chi connectivity index (χ3v) is 4.51. The highest BCUT2D eigenvalue weighted by molar-refractivity contribution is 9.09. The number of carbonyl (C=O) groups excluding carboxylic acids is 1. The fourth-order valence-electron chi connectivity index (χ4n) is 2.02. The van der Waals surface area contributed by atoms with Gasteiger partial charge >= 0.3 is 0 Å². The second-order valence-electron chi connectivity index (χ2n) is 4.66. The number of carbonyl (C=O) groups is 1. The van der Waals surface area contributed by atoms with E-state index in [2.05, 4.69) is 22.9 Å². The van der Waals surface area contributed by atoms with Crippen LogP contribution in [0.5, 0.6) is 0 Å². The van der Waals surface area contributed by atoms with Gasteiger partial charge in [0, 0.05) is 23.5 Å². The van der Waals surface area contributed by atoms with E-state index in [1.807, 2.05) is 0 Å². The molecule has 2 rings (SSSR count). The monoisotopic (exact) mass is 317 g/mol. The molecule has 5 heteroatoms. The van der Waals surface area contributed by atoms with Gasteiger partial charge < -0.3 is 4.90 Å². The molecular weight excluding hydrogens is 304 g/mol. The molecule has 18 heavy (non-hydrogen) atoms. The molecule has 2 atom stereocenters. The first-order valence-electron chi connectivity index (χ1n) is 5.87. The van der Waals surface area contributed by atoms with Gasteiger partial charge in [-0.15, -0.1) is 0 Å². The molecule has 1 saturated heterocycles. The second kappa shape index (κ2) is 5.34. The van der Waals surface area contributed by atoms with Crippen LogP contribution in [0.3, 0.4) is 0 Å². The van der Waals surface area contributed by atoms with Crippen LogP contribution in [0.1, 0.15) is 23.7 Å². The van der Waals surface area contributed by atoms with Gasteiger partial charge in [-0.1, -0.05) is 22.9 Å². The standard InChI is InChI=1S/C13H14BrF2NO/c1-8-4-5-17(7-10(8)14)13(18)9-2-3-11(15)12(16)6-9/h2-3,6,8,10H,4-5,7H2,1H3. The van der Waals surface area contributed by atoms with E-state index in [1.165, 1.54) is 6.07 Å². The lowest BCUT2D eigenvalue weighted by molar-refractivity contribution is 0.0705. The third-order valence-electron chi connectivity index (χ3n) is 3.32. The summed E-state index contributed by atoms with van der Waals surface area (Å²) in [5.41, 5.74) is 0.197. The summed E-state index contributed by atoms with van der Waals surface area (Å²) in [7, 11) is 0. The van der Waals surface area contributed by atoms with Crippen molar-refractivity contribution in [2.75, 3.05) is 13.1 Å². The third kappa shape index (κ3) is 2.71. The normalized spacial score (nSPS) is 24.1. The number of rotatable bonds is 1. The summed E-state index contributed by atoms with van der Waals surface area (Å²) in [5.74, 6) is -1.65. The molecule has 0 radical (unpaired) electrons. The maximum Gasteiger partial charge on any atom is 0.253 e. The molecule has 1 heterocycles. The van der Waals surface area contributed by atoms with E-state index in [0.717, 1.165) is 18.6 Å². The van der Waals surface area contributed by atoms with Crippen LogP contribution < -0.4 is 0 Å². The molecule has 1 aliphatic heterocycles. The number of hydrogen-bond donors (Lipinski definition) is 0. The minimum Gasteiger partial charge on any atom is -0.338 e. The molecule has 0 aliphatic carbocycles. The highest BCUT2D eigenvalue weighted by atomic mass is 79.9. The Morgan fingerprint density at radius 3 is 2.72 bits per heavy atom. The first-order valence-corrected chi connectivity index (χ1v) is 6.79. The first kappa shape index (κ1) is 13.5. The number of alkyl halides is 1. The average molecular weight is 318 g/mol. The summed E-state index contributed by atoms with van der Waals surface area (Å²) < 4.78 is 25.9. The summed E-state index contributed by atoms with van der Waals surface area (Å²) in [6.07, 6.45) is 0.908. The van der Waals surface area contributed by atoms with Gasteiger partial charge in [-0.2, -0.15) is 0 Å². The second-order valence-corrected chi connectivity index (χ2v) is 5.84. The summed E-state index contributed by atoms with van der Waals surface area (Å²) in [6.45, 7) is 3.37. The summed E-state index contributed by atoms with van der Waals surface area (Å²) >= 11 is 3.53. The molecular formula is C13H14BrF2NO. The van der Waals surface area contributed by atoms with Gasteiger partial charge in [0.1, 0.15) is 0 Å². The van der Waals surface area contributed by atoms with E-state index in [-0.39, 0.29) is 16.3 Å². The van der Waals surface area contributed by atoms with Crippen LogP contribution in [0.25, 0.3) is 0 Å². The molecule has 0 bridgehead atoms. The van der Waals surface area contributed by atoms with Crippen molar-refractivity contribution in [2.45, 2.75) is 18.2 Å². The minimum atomic E-state index is -0.985. The topological polar surface area (TPSA) is 20.3 Å². The van der Waals surface area contributed by atoms with Crippen LogP contribution >= 0.6 is 15.9 Å². The van der Waals surface area contributed by atoms with Gasteiger partial charge in [0.25, 0.3) is 5.91 Å². The van der Waals surface area contributed by atoms with Crippen LogP contribution in [-0.4, -0.2) is 28.7 Å². The van der Waals surface area contributed by atoms with E-state index >= 15 is 0 Å². The molecule has 1 aliphatic rings. The largest absolute Gasteiger partial charge is 0.338 e. The maximum atomic E-state index is 13.1. The number of piperidine rings is 1. The molecule has 0 N–H and O–H groups in total. The SMILES string of the molecule is CC1CCN(C(=O)c2ccc(F)c(F)c2)CC1Br. The van der Waals surface area contributed by atoms with Crippen molar-refractivity contribution in [3.05, 3.63) is 35.4 Å². The fraction of sp³-hybridized carbons (Fsp3) is 0.462. The van der Waals surface area contributed by atoms with Crippen molar-refractivity contribution < 1.29 is 13.6 Å². The van der Waals surface area contributed by atoms with Gasteiger partial charge in [-0.25, -0.2) is 8.78 Å². The molecule has 0 aromatic heterocycles. The van der Waals surface area contributed by atoms with Crippen molar-refractivity contribution in [3.63, 3.8) is 0 Å². The Bertz CT molecular complexity index is 466. The Morgan fingerprint density at radius 2 is 2.11 bits per heavy atom. The lowest BCUT2D eigenvalue weighted by Crippen LogP contribution is -2.43. The number of amides is 1. The Hall–Kier alpha value is -0.970. The summed E-state index contributed by atoms with van der Waals surface area (Å²) in [4.78, 5) is 14.1. The Kier molecular flexibility index (Phi) is 4.00. The number of likely N-dealkylation sites (tertiary alicyclic amines) is 1. The number of halogens is 3. The number of hydrogen-bond acceptors (Lipinski definition) is 1. The van der Waals surface area contributed by atoms with Crippen molar-refractivity contribution in [1.82, 2.24) is 4.90 Å². The fourth-order valence-corrected chi connectivity index (χ4v) is 2.63. The summed E-state index contributed by atoms with van der Waals surface area (Å²) in [6, 6.07) is 3.27. The predicted octanol–water partition coefficient (Wildman–Crippen LogP) is 3.21. The zero-order chi connectivity index (χ0) is 13.3. The number of benzene rings is 1.